The average molecular weight is 260 g/mol. The third-order valence-corrected chi connectivity index (χ3v) is 2.43. The summed E-state index contributed by atoms with van der Waals surface area (Å²) >= 11 is 3.06. The number of aromatic hydroxyl groups is 1. The van der Waals surface area contributed by atoms with Gasteiger partial charge in [-0.3, -0.25) is 0 Å². The molecule has 1 aromatic carbocycles. The Morgan fingerprint density at radius 2 is 2.14 bits per heavy atom. The fourth-order valence-electron chi connectivity index (χ4n) is 1.09. The van der Waals surface area contributed by atoms with E-state index in [1.165, 1.54) is 12.1 Å². The zero-order valence-corrected chi connectivity index (χ0v) is 9.08. The summed E-state index contributed by atoms with van der Waals surface area (Å²) in [6.07, 6.45) is 0. The van der Waals surface area contributed by atoms with Crippen LogP contribution in [0.4, 0.5) is 0 Å². The molecule has 4 nitrogen and oxygen atoms in total. The molecule has 0 radical (unpaired) electrons. The largest absolute Gasteiger partial charge is 0.506 e. The molecule has 1 aromatic rings. The van der Waals surface area contributed by atoms with Crippen LogP contribution < -0.4 is 5.73 Å². The number of carboxylic acid groups (broad SMARTS) is 1. The molecule has 0 aromatic heterocycles. The molecule has 14 heavy (non-hydrogen) atoms. The molecule has 0 fully saturated rings. The molecule has 0 spiro atoms. The SMILES string of the molecule is C[C@@H](N)c1cc(C(=O)O)cc(Br)c1O. The first-order valence-electron chi connectivity index (χ1n) is 3.94. The second-order valence-corrected chi connectivity index (χ2v) is 3.84. The normalized spacial score (nSPS) is 12.5. The Balaban J connectivity index is 3.35. The van der Waals surface area contributed by atoms with Gasteiger partial charge in [-0.1, -0.05) is 0 Å². The lowest BCUT2D eigenvalue weighted by Crippen LogP contribution is -2.07. The first kappa shape index (κ1) is 11.0. The van der Waals surface area contributed by atoms with Gasteiger partial charge in [-0.05, 0) is 35.0 Å². The minimum absolute atomic E-state index is 0.00926. The van der Waals surface area contributed by atoms with Crippen LogP contribution in [0.25, 0.3) is 0 Å². The van der Waals surface area contributed by atoms with Crippen molar-refractivity contribution in [3.05, 3.63) is 27.7 Å². The second-order valence-electron chi connectivity index (χ2n) is 2.99. The van der Waals surface area contributed by atoms with Crippen molar-refractivity contribution < 1.29 is 15.0 Å². The van der Waals surface area contributed by atoms with Crippen molar-refractivity contribution in [3.63, 3.8) is 0 Å². The van der Waals surface area contributed by atoms with E-state index < -0.39 is 12.0 Å². The molecular formula is C9H10BrNO3. The number of carbonyl (C=O) groups is 1. The number of halogens is 1. The summed E-state index contributed by atoms with van der Waals surface area (Å²) in [4.78, 5) is 10.7. The van der Waals surface area contributed by atoms with E-state index in [0.29, 0.717) is 10.0 Å². The molecule has 76 valence electrons. The van der Waals surface area contributed by atoms with Crippen LogP contribution in [0.2, 0.25) is 0 Å². The van der Waals surface area contributed by atoms with E-state index in [4.69, 9.17) is 10.8 Å². The van der Waals surface area contributed by atoms with Gasteiger partial charge < -0.3 is 15.9 Å². The highest BCUT2D eigenvalue weighted by Gasteiger charge is 2.14. The van der Waals surface area contributed by atoms with Crippen LogP contribution in [0, 0.1) is 0 Å². The first-order valence-corrected chi connectivity index (χ1v) is 4.74. The molecule has 4 N–H and O–H groups in total. The Kier molecular flexibility index (Phi) is 3.13. The van der Waals surface area contributed by atoms with Crippen molar-refractivity contribution in [3.8, 4) is 5.75 Å². The Hall–Kier alpha value is -1.07. The van der Waals surface area contributed by atoms with Gasteiger partial charge in [-0.2, -0.15) is 0 Å². The average Bonchev–Trinajstić information content (AvgIpc) is 2.08. The minimum Gasteiger partial charge on any atom is -0.506 e. The maximum Gasteiger partial charge on any atom is 0.335 e. The predicted octanol–water partition coefficient (Wildman–Crippen LogP) is 1.87. The Labute approximate surface area is 89.5 Å². The number of carboxylic acids is 1. The van der Waals surface area contributed by atoms with Crippen LogP contribution >= 0.6 is 15.9 Å². The Morgan fingerprint density at radius 1 is 1.57 bits per heavy atom. The molecule has 0 aliphatic heterocycles. The smallest absolute Gasteiger partial charge is 0.335 e. The van der Waals surface area contributed by atoms with Gasteiger partial charge >= 0.3 is 5.97 Å². The van der Waals surface area contributed by atoms with Gasteiger partial charge in [-0.25, -0.2) is 4.79 Å². The zero-order chi connectivity index (χ0) is 10.9. The molecule has 1 atom stereocenters. The summed E-state index contributed by atoms with van der Waals surface area (Å²) in [5.74, 6) is -1.06. The number of hydrogen-bond acceptors (Lipinski definition) is 3. The minimum atomic E-state index is -1.05. The highest BCUT2D eigenvalue weighted by atomic mass is 79.9. The molecule has 0 aliphatic rings. The van der Waals surface area contributed by atoms with E-state index >= 15 is 0 Å². The molecule has 1 rings (SSSR count). The first-order chi connectivity index (χ1) is 6.43. The van der Waals surface area contributed by atoms with E-state index in [2.05, 4.69) is 15.9 Å². The number of phenols is 1. The van der Waals surface area contributed by atoms with Crippen molar-refractivity contribution in [2.75, 3.05) is 0 Å². The number of phenolic OH excluding ortho intramolecular Hbond substituents is 1. The summed E-state index contributed by atoms with van der Waals surface area (Å²) in [6, 6.07) is 2.29. The summed E-state index contributed by atoms with van der Waals surface area (Å²) < 4.78 is 0.338. The molecule has 0 amide bonds. The lowest BCUT2D eigenvalue weighted by molar-refractivity contribution is 0.0696. The van der Waals surface area contributed by atoms with E-state index in [-0.39, 0.29) is 11.3 Å². The van der Waals surface area contributed by atoms with Crippen LogP contribution in [0.3, 0.4) is 0 Å². The van der Waals surface area contributed by atoms with Crippen molar-refractivity contribution >= 4 is 21.9 Å². The van der Waals surface area contributed by atoms with Crippen molar-refractivity contribution in [1.29, 1.82) is 0 Å². The number of hydrogen-bond donors (Lipinski definition) is 3. The molecule has 0 saturated heterocycles. The van der Waals surface area contributed by atoms with Crippen molar-refractivity contribution in [2.24, 2.45) is 5.73 Å². The summed E-state index contributed by atoms with van der Waals surface area (Å²) in [7, 11) is 0. The van der Waals surface area contributed by atoms with E-state index in [0.717, 1.165) is 0 Å². The van der Waals surface area contributed by atoms with Gasteiger partial charge in [0.25, 0.3) is 0 Å². The quantitative estimate of drug-likeness (QED) is 0.757. The standard InChI is InChI=1S/C9H10BrNO3/c1-4(11)6-2-5(9(13)14)3-7(10)8(6)12/h2-4,12H,11H2,1H3,(H,13,14)/t4-/m1/s1. The van der Waals surface area contributed by atoms with Crippen LogP contribution in [0.5, 0.6) is 5.75 Å². The second kappa shape index (κ2) is 3.98. The Morgan fingerprint density at radius 3 is 2.57 bits per heavy atom. The van der Waals surface area contributed by atoms with Crippen LogP contribution in [0.1, 0.15) is 28.9 Å². The molecule has 5 heteroatoms. The lowest BCUT2D eigenvalue weighted by atomic mass is 10.0. The highest BCUT2D eigenvalue weighted by molar-refractivity contribution is 9.10. The third-order valence-electron chi connectivity index (χ3n) is 1.83. The maximum atomic E-state index is 10.7. The molecule has 0 unspecified atom stereocenters. The van der Waals surface area contributed by atoms with Gasteiger partial charge in [0.2, 0.25) is 0 Å². The zero-order valence-electron chi connectivity index (χ0n) is 7.49. The summed E-state index contributed by atoms with van der Waals surface area (Å²) in [6.45, 7) is 1.67. The fourth-order valence-corrected chi connectivity index (χ4v) is 1.57. The van der Waals surface area contributed by atoms with Crippen LogP contribution in [0.15, 0.2) is 16.6 Å². The van der Waals surface area contributed by atoms with Gasteiger partial charge in [0.05, 0.1) is 10.0 Å². The molecule has 0 aliphatic carbocycles. The fraction of sp³-hybridized carbons (Fsp3) is 0.222. The highest BCUT2D eigenvalue weighted by Crippen LogP contribution is 2.32. The Bertz CT molecular complexity index is 377. The summed E-state index contributed by atoms with van der Waals surface area (Å²) in [5, 5.41) is 18.3. The van der Waals surface area contributed by atoms with E-state index in [9.17, 15) is 9.90 Å². The van der Waals surface area contributed by atoms with E-state index in [1.807, 2.05) is 0 Å². The number of aromatic carboxylic acids is 1. The number of nitrogens with two attached hydrogens (primary N) is 1. The number of benzene rings is 1. The summed E-state index contributed by atoms with van der Waals surface area (Å²) in [5.41, 5.74) is 6.09. The predicted molar refractivity (Wildman–Crippen MR) is 55.4 cm³/mol. The molecule has 0 saturated carbocycles. The van der Waals surface area contributed by atoms with Crippen LogP contribution in [-0.4, -0.2) is 16.2 Å². The van der Waals surface area contributed by atoms with Gasteiger partial charge in [0, 0.05) is 11.6 Å². The monoisotopic (exact) mass is 259 g/mol. The topological polar surface area (TPSA) is 83.6 Å². The van der Waals surface area contributed by atoms with Gasteiger partial charge in [0.15, 0.2) is 0 Å². The van der Waals surface area contributed by atoms with Gasteiger partial charge in [-0.15, -0.1) is 0 Å². The molecule has 0 heterocycles. The molecular weight excluding hydrogens is 250 g/mol. The maximum absolute atomic E-state index is 10.7. The number of rotatable bonds is 2. The van der Waals surface area contributed by atoms with Crippen LogP contribution in [-0.2, 0) is 0 Å². The lowest BCUT2D eigenvalue weighted by Gasteiger charge is -2.10. The third kappa shape index (κ3) is 2.05. The molecule has 0 bridgehead atoms. The van der Waals surface area contributed by atoms with Gasteiger partial charge in [0.1, 0.15) is 5.75 Å². The van der Waals surface area contributed by atoms with Crippen molar-refractivity contribution in [2.45, 2.75) is 13.0 Å². The van der Waals surface area contributed by atoms with Crippen molar-refractivity contribution in [1.82, 2.24) is 0 Å². The van der Waals surface area contributed by atoms with E-state index in [1.54, 1.807) is 6.92 Å².